The Hall–Kier alpha value is -1.88. The number of likely N-dealkylation sites (tertiary alicyclic amines) is 1. The second-order valence-electron chi connectivity index (χ2n) is 6.89. The number of hydrogen-bond acceptors (Lipinski definition) is 4. The molecule has 0 aromatic heterocycles. The highest BCUT2D eigenvalue weighted by Gasteiger charge is 2.15. The molecule has 26 heavy (non-hydrogen) atoms. The predicted molar refractivity (Wildman–Crippen MR) is 107 cm³/mol. The molecule has 0 spiro atoms. The van der Waals surface area contributed by atoms with Crippen molar-refractivity contribution in [2.24, 2.45) is 11.0 Å². The third-order valence-corrected chi connectivity index (χ3v) is 5.10. The molecule has 144 valence electrons. The van der Waals surface area contributed by atoms with E-state index in [0.717, 1.165) is 49.4 Å². The largest absolute Gasteiger partial charge is 0.494 e. The molecule has 1 aromatic carbocycles. The van der Waals surface area contributed by atoms with Gasteiger partial charge >= 0.3 is 0 Å². The van der Waals surface area contributed by atoms with E-state index in [2.05, 4.69) is 29.3 Å². The number of carbonyl (C=O) groups excluding carboxylic acids is 1. The van der Waals surface area contributed by atoms with Gasteiger partial charge in [-0.15, -0.1) is 0 Å². The fraction of sp³-hybridized carbons (Fsp3) is 0.619. The van der Waals surface area contributed by atoms with Crippen LogP contribution in [0.3, 0.4) is 0 Å². The van der Waals surface area contributed by atoms with Gasteiger partial charge in [-0.1, -0.05) is 20.3 Å². The van der Waals surface area contributed by atoms with Gasteiger partial charge in [0.1, 0.15) is 5.75 Å². The summed E-state index contributed by atoms with van der Waals surface area (Å²) >= 11 is 0. The number of nitrogens with one attached hydrogen (secondary N) is 1. The summed E-state index contributed by atoms with van der Waals surface area (Å²) in [6.07, 6.45) is 7.70. The Bertz CT molecular complexity index is 547. The lowest BCUT2D eigenvalue weighted by Crippen LogP contribution is -2.31. The lowest BCUT2D eigenvalue weighted by atomic mass is 9.92. The molecule has 0 bridgehead atoms. The number of benzene rings is 1. The molecule has 1 amide bonds. The minimum absolute atomic E-state index is 0.332. The van der Waals surface area contributed by atoms with E-state index in [1.165, 1.54) is 32.4 Å². The van der Waals surface area contributed by atoms with E-state index in [-0.39, 0.29) is 0 Å². The first kappa shape index (κ1) is 20.4. The van der Waals surface area contributed by atoms with Gasteiger partial charge in [0, 0.05) is 12.5 Å². The number of nitrogens with zero attached hydrogens (tertiary/aromatic N) is 2. The third kappa shape index (κ3) is 6.45. The number of carbonyl (C=O) groups is 1. The van der Waals surface area contributed by atoms with Crippen molar-refractivity contribution in [1.82, 2.24) is 10.3 Å². The molecule has 0 unspecified atom stereocenters. The Morgan fingerprint density at radius 1 is 1.19 bits per heavy atom. The quantitative estimate of drug-likeness (QED) is 0.283. The van der Waals surface area contributed by atoms with Crippen molar-refractivity contribution < 1.29 is 9.53 Å². The molecule has 1 heterocycles. The van der Waals surface area contributed by atoms with Crippen molar-refractivity contribution in [3.8, 4) is 5.75 Å². The summed E-state index contributed by atoms with van der Waals surface area (Å²) in [5.74, 6) is 1.22. The van der Waals surface area contributed by atoms with Crippen LogP contribution in [0.2, 0.25) is 0 Å². The van der Waals surface area contributed by atoms with Gasteiger partial charge < -0.3 is 9.64 Å². The third-order valence-electron chi connectivity index (χ3n) is 5.10. The van der Waals surface area contributed by atoms with Crippen molar-refractivity contribution in [3.05, 3.63) is 29.8 Å². The maximum Gasteiger partial charge on any atom is 0.227 e. The summed E-state index contributed by atoms with van der Waals surface area (Å²) in [5, 5.41) is 4.26. The average molecular weight is 360 g/mol. The van der Waals surface area contributed by atoms with Crippen molar-refractivity contribution >= 4 is 12.1 Å². The van der Waals surface area contributed by atoms with Crippen LogP contribution in [0.4, 0.5) is 0 Å². The molecule has 0 atom stereocenters. The Labute approximate surface area is 157 Å². The lowest BCUT2D eigenvalue weighted by Gasteiger charge is -2.26. The highest BCUT2D eigenvalue weighted by molar-refractivity contribution is 6.02. The predicted octanol–water partition coefficient (Wildman–Crippen LogP) is 3.83. The molecule has 0 aliphatic carbocycles. The average Bonchev–Trinajstić information content (AvgIpc) is 2.70. The monoisotopic (exact) mass is 359 g/mol. The summed E-state index contributed by atoms with van der Waals surface area (Å²) in [7, 11) is 0. The highest BCUT2D eigenvalue weighted by atomic mass is 16.5. The van der Waals surface area contributed by atoms with Crippen LogP contribution >= 0.6 is 0 Å². The minimum atomic E-state index is 0.332. The standard InChI is InChI=1S/C21H33N3O2/c1-3-18(4-2)21(23-22-17-25)19-9-11-20(12-10-19)26-16-8-15-24-13-6-5-7-14-24/h9-12,17-18H,3-8,13-16H2,1-2H3,(H,22,25)/b23-21+. The molecule has 0 radical (unpaired) electrons. The smallest absolute Gasteiger partial charge is 0.227 e. The summed E-state index contributed by atoms with van der Waals surface area (Å²) in [6, 6.07) is 8.05. The van der Waals surface area contributed by atoms with Crippen LogP contribution < -0.4 is 10.2 Å². The normalized spacial score (nSPS) is 15.9. The fourth-order valence-corrected chi connectivity index (χ4v) is 3.55. The molecule has 1 N–H and O–H groups in total. The zero-order valence-corrected chi connectivity index (χ0v) is 16.2. The number of rotatable bonds is 11. The van der Waals surface area contributed by atoms with Gasteiger partial charge in [0.25, 0.3) is 0 Å². The van der Waals surface area contributed by atoms with Gasteiger partial charge in [-0.25, -0.2) is 5.43 Å². The first-order valence-corrected chi connectivity index (χ1v) is 10.0. The Balaban J connectivity index is 1.86. The van der Waals surface area contributed by atoms with Gasteiger partial charge in [0.15, 0.2) is 0 Å². The Kier molecular flexibility index (Phi) is 9.18. The van der Waals surface area contributed by atoms with Crippen molar-refractivity contribution in [1.29, 1.82) is 0 Å². The highest BCUT2D eigenvalue weighted by Crippen LogP contribution is 2.20. The number of ether oxygens (including phenoxy) is 1. The molecular weight excluding hydrogens is 326 g/mol. The van der Waals surface area contributed by atoms with Crippen LogP contribution in [0.25, 0.3) is 0 Å². The SMILES string of the molecule is CCC(CC)/C(=N\NC=O)c1ccc(OCCCN2CCCCC2)cc1. The zero-order valence-electron chi connectivity index (χ0n) is 16.2. The summed E-state index contributed by atoms with van der Waals surface area (Å²) in [6.45, 7) is 8.63. The number of hydrogen-bond donors (Lipinski definition) is 1. The fourth-order valence-electron chi connectivity index (χ4n) is 3.55. The summed E-state index contributed by atoms with van der Waals surface area (Å²) in [4.78, 5) is 13.1. The first-order valence-electron chi connectivity index (χ1n) is 10.0. The van der Waals surface area contributed by atoms with Crippen LogP contribution in [0.1, 0.15) is 57.9 Å². The molecule has 5 heteroatoms. The van der Waals surface area contributed by atoms with Crippen LogP contribution in [0.5, 0.6) is 5.75 Å². The maximum absolute atomic E-state index is 10.6. The topological polar surface area (TPSA) is 53.9 Å². The molecule has 1 saturated heterocycles. The van der Waals surface area contributed by atoms with Crippen molar-refractivity contribution in [2.45, 2.75) is 52.4 Å². The summed E-state index contributed by atoms with van der Waals surface area (Å²) < 4.78 is 5.89. The van der Waals surface area contributed by atoms with Gasteiger partial charge in [0.05, 0.1) is 12.3 Å². The molecule has 1 aliphatic rings. The van der Waals surface area contributed by atoms with Gasteiger partial charge in [-0.2, -0.15) is 5.10 Å². The molecule has 1 aromatic rings. The van der Waals surface area contributed by atoms with Crippen LogP contribution in [-0.4, -0.2) is 43.3 Å². The Morgan fingerprint density at radius 2 is 1.88 bits per heavy atom. The van der Waals surface area contributed by atoms with E-state index in [9.17, 15) is 4.79 Å². The molecule has 5 nitrogen and oxygen atoms in total. The van der Waals surface area contributed by atoms with E-state index in [0.29, 0.717) is 12.3 Å². The minimum Gasteiger partial charge on any atom is -0.494 e. The van der Waals surface area contributed by atoms with E-state index < -0.39 is 0 Å². The Morgan fingerprint density at radius 3 is 2.50 bits per heavy atom. The van der Waals surface area contributed by atoms with Crippen molar-refractivity contribution in [2.75, 3.05) is 26.2 Å². The second kappa shape index (κ2) is 11.7. The van der Waals surface area contributed by atoms with E-state index in [1.807, 2.05) is 24.3 Å². The van der Waals surface area contributed by atoms with Gasteiger partial charge in [0.2, 0.25) is 6.41 Å². The van der Waals surface area contributed by atoms with E-state index in [4.69, 9.17) is 4.74 Å². The molecule has 1 aliphatic heterocycles. The second-order valence-corrected chi connectivity index (χ2v) is 6.89. The maximum atomic E-state index is 10.6. The molecular formula is C21H33N3O2. The van der Waals surface area contributed by atoms with Crippen LogP contribution in [0.15, 0.2) is 29.4 Å². The molecule has 1 fully saturated rings. The first-order chi connectivity index (χ1) is 12.8. The van der Waals surface area contributed by atoms with E-state index >= 15 is 0 Å². The van der Waals surface area contributed by atoms with E-state index in [1.54, 1.807) is 0 Å². The number of hydrazone groups is 1. The van der Waals surface area contributed by atoms with Gasteiger partial charge in [-0.3, -0.25) is 4.79 Å². The van der Waals surface area contributed by atoms with Gasteiger partial charge in [-0.05, 0) is 75.0 Å². The van der Waals surface area contributed by atoms with Crippen molar-refractivity contribution in [3.63, 3.8) is 0 Å². The number of piperidine rings is 1. The molecule has 2 rings (SSSR count). The molecule has 0 saturated carbocycles. The summed E-state index contributed by atoms with van der Waals surface area (Å²) in [5.41, 5.74) is 4.42. The van der Waals surface area contributed by atoms with Crippen LogP contribution in [0, 0.1) is 5.92 Å². The number of amides is 1. The lowest BCUT2D eigenvalue weighted by molar-refractivity contribution is -0.109. The van der Waals surface area contributed by atoms with Crippen LogP contribution in [-0.2, 0) is 4.79 Å². The zero-order chi connectivity index (χ0) is 18.6.